The van der Waals surface area contributed by atoms with Gasteiger partial charge in [0.05, 0.1) is 23.0 Å². The Morgan fingerprint density at radius 2 is 1.95 bits per heavy atom. The number of benzene rings is 1. The largest absolute Gasteiger partial charge is 0.444 e. The first-order valence-corrected chi connectivity index (χ1v) is 13.0. The lowest BCUT2D eigenvalue weighted by atomic mass is 10.1. The summed E-state index contributed by atoms with van der Waals surface area (Å²) in [5.74, 6) is -0.911. The molecule has 39 heavy (non-hydrogen) atoms. The van der Waals surface area contributed by atoms with Crippen molar-refractivity contribution in [3.63, 3.8) is 0 Å². The molecule has 0 unspecified atom stereocenters. The topological polar surface area (TPSA) is 97.0 Å². The van der Waals surface area contributed by atoms with E-state index in [1.807, 2.05) is 40.1 Å². The van der Waals surface area contributed by atoms with Crippen LogP contribution in [0, 0.1) is 12.7 Å². The van der Waals surface area contributed by atoms with Gasteiger partial charge < -0.3 is 24.3 Å². The zero-order valence-corrected chi connectivity index (χ0v) is 23.3. The smallest absolute Gasteiger partial charge is 0.410 e. The highest BCUT2D eigenvalue weighted by atomic mass is 19.1. The van der Waals surface area contributed by atoms with E-state index in [-0.39, 0.29) is 23.8 Å². The Morgan fingerprint density at radius 1 is 1.21 bits per heavy atom. The Bertz CT molecular complexity index is 1590. The SMILES string of the molecule is Cc1cn2cc(NC(=O)c3ccc(N4C[C@@H](N(C)C(=O)OC(C)(C)C)C[C@@H]4C)c4cn(C)nc34)cc(F)c2n1. The van der Waals surface area contributed by atoms with Crippen LogP contribution < -0.4 is 10.2 Å². The third kappa shape index (κ3) is 5.13. The Morgan fingerprint density at radius 3 is 2.67 bits per heavy atom. The second-order valence-corrected chi connectivity index (χ2v) is 11.3. The van der Waals surface area contributed by atoms with Crippen LogP contribution in [0.4, 0.5) is 20.6 Å². The van der Waals surface area contributed by atoms with E-state index in [4.69, 9.17) is 4.74 Å². The molecule has 5 rings (SSSR count). The molecule has 1 fully saturated rings. The van der Waals surface area contributed by atoms with Crippen molar-refractivity contribution in [3.8, 4) is 0 Å². The first-order valence-electron chi connectivity index (χ1n) is 13.0. The highest BCUT2D eigenvalue weighted by molar-refractivity contribution is 6.14. The number of hydrogen-bond donors (Lipinski definition) is 1. The average molecular weight is 536 g/mol. The van der Waals surface area contributed by atoms with Crippen LogP contribution in [0.1, 0.15) is 50.2 Å². The minimum absolute atomic E-state index is 0.0267. The molecule has 206 valence electrons. The van der Waals surface area contributed by atoms with Gasteiger partial charge in [-0.25, -0.2) is 14.2 Å². The molecule has 4 heterocycles. The second kappa shape index (κ2) is 9.55. The third-order valence-corrected chi connectivity index (χ3v) is 6.99. The Kier molecular flexibility index (Phi) is 6.48. The number of imidazole rings is 1. The van der Waals surface area contributed by atoms with E-state index in [0.29, 0.717) is 29.0 Å². The number of pyridine rings is 1. The van der Waals surface area contributed by atoms with Crippen LogP contribution in [-0.2, 0) is 11.8 Å². The van der Waals surface area contributed by atoms with E-state index < -0.39 is 17.3 Å². The predicted octanol–water partition coefficient (Wildman–Crippen LogP) is 4.75. The fourth-order valence-corrected chi connectivity index (χ4v) is 5.19. The van der Waals surface area contributed by atoms with Crippen molar-refractivity contribution in [1.29, 1.82) is 0 Å². The van der Waals surface area contributed by atoms with E-state index in [1.165, 1.54) is 6.07 Å². The highest BCUT2D eigenvalue weighted by Crippen LogP contribution is 2.35. The van der Waals surface area contributed by atoms with Crippen molar-refractivity contribution in [2.45, 2.75) is 58.7 Å². The molecule has 3 aromatic heterocycles. The van der Waals surface area contributed by atoms with Gasteiger partial charge in [-0.2, -0.15) is 5.10 Å². The lowest BCUT2D eigenvalue weighted by molar-refractivity contribution is 0.0236. The molecule has 11 heteroatoms. The molecule has 0 bridgehead atoms. The van der Waals surface area contributed by atoms with Gasteiger partial charge in [0.25, 0.3) is 5.91 Å². The Labute approximate surface area is 226 Å². The number of carbonyl (C=O) groups excluding carboxylic acids is 2. The van der Waals surface area contributed by atoms with Crippen LogP contribution in [0.3, 0.4) is 0 Å². The number of rotatable bonds is 4. The monoisotopic (exact) mass is 535 g/mol. The number of ether oxygens (including phenoxy) is 1. The molecule has 2 atom stereocenters. The molecule has 4 aromatic rings. The minimum atomic E-state index is -0.567. The summed E-state index contributed by atoms with van der Waals surface area (Å²) in [7, 11) is 3.58. The molecule has 0 radical (unpaired) electrons. The van der Waals surface area contributed by atoms with Crippen molar-refractivity contribution in [1.82, 2.24) is 24.1 Å². The van der Waals surface area contributed by atoms with Gasteiger partial charge in [-0.15, -0.1) is 0 Å². The summed E-state index contributed by atoms with van der Waals surface area (Å²) in [4.78, 5) is 34.1. The number of likely N-dealkylation sites (N-methyl/N-ethyl adjacent to an activating group) is 1. The molecule has 0 saturated carbocycles. The summed E-state index contributed by atoms with van der Waals surface area (Å²) < 4.78 is 23.4. The van der Waals surface area contributed by atoms with E-state index in [0.717, 1.165) is 17.5 Å². The number of carbonyl (C=O) groups is 2. The van der Waals surface area contributed by atoms with Crippen molar-refractivity contribution >= 4 is 39.9 Å². The molecule has 2 amide bonds. The molecule has 0 spiro atoms. The van der Waals surface area contributed by atoms with Gasteiger partial charge in [0.2, 0.25) is 0 Å². The van der Waals surface area contributed by atoms with Gasteiger partial charge in [0.15, 0.2) is 11.5 Å². The standard InChI is InChI=1S/C28H34FN7O3/c1-16-12-35-13-18(11-22(29)25(35)30-16)31-26(37)20-8-9-23(21-15-33(6)32-24(20)21)36-14-19(10-17(36)2)34(7)27(38)39-28(3,4)5/h8-9,11-13,15,17,19H,10,14H2,1-7H3,(H,31,37)/t17-,19-/m0/s1. The summed E-state index contributed by atoms with van der Waals surface area (Å²) in [5, 5.41) is 8.21. The van der Waals surface area contributed by atoms with Crippen molar-refractivity contribution in [2.75, 3.05) is 23.8 Å². The minimum Gasteiger partial charge on any atom is -0.444 e. The van der Waals surface area contributed by atoms with E-state index in [2.05, 4.69) is 27.2 Å². The van der Waals surface area contributed by atoms with Crippen molar-refractivity contribution in [3.05, 3.63) is 53.9 Å². The van der Waals surface area contributed by atoms with Crippen LogP contribution >= 0.6 is 0 Å². The first kappa shape index (κ1) is 26.5. The summed E-state index contributed by atoms with van der Waals surface area (Å²) in [6.45, 7) is 10.1. The van der Waals surface area contributed by atoms with E-state index in [1.54, 1.807) is 46.4 Å². The quantitative estimate of drug-likeness (QED) is 0.405. The fraction of sp³-hybridized carbons (Fsp3) is 0.429. The van der Waals surface area contributed by atoms with Gasteiger partial charge in [-0.1, -0.05) is 0 Å². The van der Waals surface area contributed by atoms with Crippen LogP contribution in [-0.4, -0.2) is 67.3 Å². The summed E-state index contributed by atoms with van der Waals surface area (Å²) in [6.07, 6.45) is 5.65. The lowest BCUT2D eigenvalue weighted by Gasteiger charge is -2.29. The zero-order chi connectivity index (χ0) is 28.2. The van der Waals surface area contributed by atoms with Crippen molar-refractivity contribution < 1.29 is 18.7 Å². The number of aromatic nitrogens is 4. The maximum Gasteiger partial charge on any atom is 0.410 e. The molecular formula is C28H34FN7O3. The maximum absolute atomic E-state index is 14.6. The normalized spacial score (nSPS) is 17.7. The molecule has 1 aliphatic heterocycles. The molecule has 0 aliphatic carbocycles. The fourth-order valence-electron chi connectivity index (χ4n) is 5.19. The molecule has 1 aromatic carbocycles. The Balaban J connectivity index is 1.41. The summed E-state index contributed by atoms with van der Waals surface area (Å²) >= 11 is 0. The molecule has 1 saturated heterocycles. The molecule has 1 aliphatic rings. The van der Waals surface area contributed by atoms with Gasteiger partial charge in [-0.3, -0.25) is 9.48 Å². The molecule has 1 N–H and O–H groups in total. The third-order valence-electron chi connectivity index (χ3n) is 6.99. The number of amides is 2. The van der Waals surface area contributed by atoms with Gasteiger partial charge in [-0.05, 0) is 53.2 Å². The molecule has 10 nitrogen and oxygen atoms in total. The Hall–Kier alpha value is -4.15. The average Bonchev–Trinajstić information content (AvgIpc) is 3.52. The summed E-state index contributed by atoms with van der Waals surface area (Å²) in [6, 6.07) is 5.04. The zero-order valence-electron chi connectivity index (χ0n) is 23.3. The summed E-state index contributed by atoms with van der Waals surface area (Å²) in [5.41, 5.74) is 2.49. The molecular weight excluding hydrogens is 501 g/mol. The number of hydrogen-bond acceptors (Lipinski definition) is 6. The number of anilines is 2. The highest BCUT2D eigenvalue weighted by Gasteiger charge is 2.36. The number of aryl methyl sites for hydroxylation is 2. The second-order valence-electron chi connectivity index (χ2n) is 11.3. The van der Waals surface area contributed by atoms with Crippen molar-refractivity contribution in [2.24, 2.45) is 7.05 Å². The van der Waals surface area contributed by atoms with E-state index >= 15 is 0 Å². The van der Waals surface area contributed by atoms with Crippen LogP contribution in [0.5, 0.6) is 0 Å². The number of halogens is 1. The predicted molar refractivity (Wildman–Crippen MR) is 148 cm³/mol. The van der Waals surface area contributed by atoms with E-state index in [9.17, 15) is 14.0 Å². The number of fused-ring (bicyclic) bond motifs is 2. The van der Waals surface area contributed by atoms with Gasteiger partial charge >= 0.3 is 6.09 Å². The van der Waals surface area contributed by atoms with Gasteiger partial charge in [0, 0.05) is 62.4 Å². The number of nitrogens with zero attached hydrogens (tertiary/aromatic N) is 6. The van der Waals surface area contributed by atoms with Crippen LogP contribution in [0.2, 0.25) is 0 Å². The van der Waals surface area contributed by atoms with Gasteiger partial charge in [0.1, 0.15) is 11.1 Å². The maximum atomic E-state index is 14.6. The lowest BCUT2D eigenvalue weighted by Crippen LogP contribution is -2.42. The van der Waals surface area contributed by atoms with Crippen LogP contribution in [0.25, 0.3) is 16.6 Å². The van der Waals surface area contributed by atoms with Crippen LogP contribution in [0.15, 0.2) is 36.8 Å². The first-order chi connectivity index (χ1) is 18.3. The number of nitrogens with one attached hydrogen (secondary N) is 1.